The number of nitrogens with zero attached hydrogens (tertiary/aromatic N) is 3. The molecular formula is C11H14N6O2S. The third-order valence-electron chi connectivity index (χ3n) is 2.78. The smallest absolute Gasteiger partial charge is 0.332 e. The molecule has 2 aromatic heterocycles. The number of aryl methyl sites for hydroxylation is 2. The Labute approximate surface area is 119 Å². The maximum Gasteiger partial charge on any atom is 0.332 e. The van der Waals surface area contributed by atoms with E-state index in [0.717, 1.165) is 11.1 Å². The van der Waals surface area contributed by atoms with Crippen LogP contribution in [-0.2, 0) is 6.54 Å². The van der Waals surface area contributed by atoms with Crippen molar-refractivity contribution < 1.29 is 4.92 Å². The lowest BCUT2D eigenvalue weighted by molar-refractivity contribution is -0.385. The summed E-state index contributed by atoms with van der Waals surface area (Å²) < 4.78 is 0. The normalized spacial score (nSPS) is 10.3. The van der Waals surface area contributed by atoms with Gasteiger partial charge in [0.25, 0.3) is 0 Å². The lowest BCUT2D eigenvalue weighted by Crippen LogP contribution is -2.14. The molecule has 0 amide bonds. The number of nitrogens with one attached hydrogen (secondary N) is 2. The number of thiophene rings is 1. The third-order valence-corrected chi connectivity index (χ3v) is 3.69. The molecule has 0 aliphatic carbocycles. The van der Waals surface area contributed by atoms with Gasteiger partial charge in [-0.3, -0.25) is 15.5 Å². The second-order valence-corrected chi connectivity index (χ2v) is 4.91. The van der Waals surface area contributed by atoms with Gasteiger partial charge in [-0.25, -0.2) is 10.8 Å². The minimum absolute atomic E-state index is 0.137. The van der Waals surface area contributed by atoms with Crippen LogP contribution in [-0.4, -0.2) is 14.9 Å². The van der Waals surface area contributed by atoms with E-state index < -0.39 is 4.92 Å². The van der Waals surface area contributed by atoms with Gasteiger partial charge in [0.1, 0.15) is 5.69 Å². The molecule has 9 heteroatoms. The number of nitrogen functional groups attached to an aromatic ring is 1. The van der Waals surface area contributed by atoms with Crippen LogP contribution in [0.5, 0.6) is 0 Å². The summed E-state index contributed by atoms with van der Waals surface area (Å²) in [6, 6.07) is 0. The standard InChI is InChI=1S/C11H14N6O2S/c1-6-4-20-5-8(6)3-13-10-9(17(18)19)7(2)14-11(15-10)16-12/h4-5H,3,12H2,1-2H3,(H2,13,14,15,16). The van der Waals surface area contributed by atoms with Crippen LogP contribution in [0, 0.1) is 24.0 Å². The number of hydrogen-bond acceptors (Lipinski definition) is 8. The first-order valence-corrected chi connectivity index (χ1v) is 6.72. The molecule has 0 saturated carbocycles. The molecule has 4 N–H and O–H groups in total. The molecular weight excluding hydrogens is 280 g/mol. The van der Waals surface area contributed by atoms with Gasteiger partial charge in [0.2, 0.25) is 11.8 Å². The first-order chi connectivity index (χ1) is 9.52. The van der Waals surface area contributed by atoms with Crippen LogP contribution in [0.1, 0.15) is 16.8 Å². The van der Waals surface area contributed by atoms with E-state index >= 15 is 0 Å². The van der Waals surface area contributed by atoms with E-state index in [2.05, 4.69) is 20.7 Å². The summed E-state index contributed by atoms with van der Waals surface area (Å²) in [5.41, 5.74) is 4.61. The van der Waals surface area contributed by atoms with E-state index in [0.29, 0.717) is 6.54 Å². The van der Waals surface area contributed by atoms with E-state index in [1.165, 1.54) is 0 Å². The fourth-order valence-electron chi connectivity index (χ4n) is 1.72. The average molecular weight is 294 g/mol. The van der Waals surface area contributed by atoms with Gasteiger partial charge in [0.15, 0.2) is 0 Å². The maximum absolute atomic E-state index is 11.1. The molecule has 0 radical (unpaired) electrons. The Morgan fingerprint density at radius 1 is 1.40 bits per heavy atom. The van der Waals surface area contributed by atoms with Gasteiger partial charge in [0, 0.05) is 6.54 Å². The molecule has 2 rings (SSSR count). The molecule has 0 aliphatic heterocycles. The number of hydrazine groups is 1. The van der Waals surface area contributed by atoms with Gasteiger partial charge in [-0.05, 0) is 35.7 Å². The summed E-state index contributed by atoms with van der Waals surface area (Å²) in [6.07, 6.45) is 0. The Hall–Kier alpha value is -2.26. The fraction of sp³-hybridized carbons (Fsp3) is 0.273. The SMILES string of the molecule is Cc1cscc1CNc1nc(NN)nc(C)c1[N+](=O)[O-]. The van der Waals surface area contributed by atoms with E-state index in [1.54, 1.807) is 18.3 Å². The monoisotopic (exact) mass is 294 g/mol. The van der Waals surface area contributed by atoms with Gasteiger partial charge in [-0.1, -0.05) is 0 Å². The third kappa shape index (κ3) is 2.83. The van der Waals surface area contributed by atoms with Crippen LogP contribution in [0.25, 0.3) is 0 Å². The van der Waals surface area contributed by atoms with Crippen LogP contribution >= 0.6 is 11.3 Å². The molecule has 2 heterocycles. The van der Waals surface area contributed by atoms with Crippen LogP contribution < -0.4 is 16.6 Å². The fourth-order valence-corrected chi connectivity index (χ4v) is 2.58. The zero-order valence-corrected chi connectivity index (χ0v) is 11.8. The lowest BCUT2D eigenvalue weighted by Gasteiger charge is -2.09. The van der Waals surface area contributed by atoms with Crippen LogP contribution in [0.15, 0.2) is 10.8 Å². The Morgan fingerprint density at radius 2 is 2.15 bits per heavy atom. The van der Waals surface area contributed by atoms with E-state index in [-0.39, 0.29) is 23.1 Å². The largest absolute Gasteiger partial charge is 0.360 e. The average Bonchev–Trinajstić information content (AvgIpc) is 2.80. The van der Waals surface area contributed by atoms with Crippen molar-refractivity contribution in [2.75, 3.05) is 10.7 Å². The molecule has 0 saturated heterocycles. The Morgan fingerprint density at radius 3 is 2.70 bits per heavy atom. The zero-order chi connectivity index (χ0) is 14.7. The minimum atomic E-state index is -0.502. The quantitative estimate of drug-likeness (QED) is 0.438. The summed E-state index contributed by atoms with van der Waals surface area (Å²) in [4.78, 5) is 18.5. The summed E-state index contributed by atoms with van der Waals surface area (Å²) in [5, 5.41) is 18.1. The predicted molar refractivity (Wildman–Crippen MR) is 77.6 cm³/mol. The number of nitro groups is 1. The van der Waals surface area contributed by atoms with E-state index in [1.807, 2.05) is 17.7 Å². The highest BCUT2D eigenvalue weighted by Crippen LogP contribution is 2.27. The molecule has 106 valence electrons. The molecule has 8 nitrogen and oxygen atoms in total. The van der Waals surface area contributed by atoms with Crippen LogP contribution in [0.4, 0.5) is 17.5 Å². The molecule has 0 bridgehead atoms. The van der Waals surface area contributed by atoms with E-state index in [9.17, 15) is 10.1 Å². The van der Waals surface area contributed by atoms with E-state index in [4.69, 9.17) is 5.84 Å². The number of anilines is 2. The van der Waals surface area contributed by atoms with Crippen molar-refractivity contribution in [2.45, 2.75) is 20.4 Å². The summed E-state index contributed by atoms with van der Waals surface area (Å²) in [5.74, 6) is 5.55. The molecule has 0 fully saturated rings. The summed E-state index contributed by atoms with van der Waals surface area (Å²) in [6.45, 7) is 3.98. The molecule has 0 spiro atoms. The second-order valence-electron chi connectivity index (χ2n) is 4.16. The van der Waals surface area contributed by atoms with Crippen molar-refractivity contribution >= 4 is 28.8 Å². The number of aromatic nitrogens is 2. The summed E-state index contributed by atoms with van der Waals surface area (Å²) in [7, 11) is 0. The molecule has 0 aromatic carbocycles. The second kappa shape index (κ2) is 5.80. The molecule has 2 aromatic rings. The van der Waals surface area contributed by atoms with Gasteiger partial charge >= 0.3 is 5.69 Å². The zero-order valence-electron chi connectivity index (χ0n) is 11.0. The Bertz CT molecular complexity index is 642. The highest BCUT2D eigenvalue weighted by atomic mass is 32.1. The van der Waals surface area contributed by atoms with Gasteiger partial charge in [-0.15, -0.1) is 0 Å². The predicted octanol–water partition coefficient (Wildman–Crippen LogP) is 1.96. The molecule has 0 unspecified atom stereocenters. The van der Waals surface area contributed by atoms with Crippen molar-refractivity contribution in [2.24, 2.45) is 5.84 Å². The van der Waals surface area contributed by atoms with Gasteiger partial charge in [0.05, 0.1) is 4.92 Å². The Kier molecular flexibility index (Phi) is 4.11. The van der Waals surface area contributed by atoms with Crippen molar-refractivity contribution in [3.63, 3.8) is 0 Å². The minimum Gasteiger partial charge on any atom is -0.360 e. The number of nitrogens with two attached hydrogens (primary N) is 1. The molecule has 20 heavy (non-hydrogen) atoms. The first kappa shape index (κ1) is 14.2. The molecule has 0 atom stereocenters. The maximum atomic E-state index is 11.1. The first-order valence-electron chi connectivity index (χ1n) is 5.78. The van der Waals surface area contributed by atoms with Gasteiger partial charge in [-0.2, -0.15) is 16.3 Å². The molecule has 0 aliphatic rings. The van der Waals surface area contributed by atoms with Gasteiger partial charge < -0.3 is 5.32 Å². The van der Waals surface area contributed by atoms with Crippen molar-refractivity contribution in [3.05, 3.63) is 37.7 Å². The van der Waals surface area contributed by atoms with Crippen LogP contribution in [0.2, 0.25) is 0 Å². The highest BCUT2D eigenvalue weighted by Gasteiger charge is 2.21. The summed E-state index contributed by atoms with van der Waals surface area (Å²) >= 11 is 1.58. The Balaban J connectivity index is 2.31. The lowest BCUT2D eigenvalue weighted by atomic mass is 10.2. The van der Waals surface area contributed by atoms with Crippen molar-refractivity contribution in [1.82, 2.24) is 9.97 Å². The van der Waals surface area contributed by atoms with Crippen molar-refractivity contribution in [3.8, 4) is 0 Å². The van der Waals surface area contributed by atoms with Crippen molar-refractivity contribution in [1.29, 1.82) is 0 Å². The van der Waals surface area contributed by atoms with Crippen LogP contribution in [0.3, 0.4) is 0 Å². The number of rotatable bonds is 5. The highest BCUT2D eigenvalue weighted by molar-refractivity contribution is 7.08. The topological polar surface area (TPSA) is 119 Å². The number of hydrogen-bond donors (Lipinski definition) is 3.